The van der Waals surface area contributed by atoms with Gasteiger partial charge in [0.1, 0.15) is 13.2 Å². The molecular formula is C12H13NO5S. The molecule has 2 rings (SSSR count). The lowest BCUT2D eigenvalue weighted by atomic mass is 10.2. The van der Waals surface area contributed by atoms with Gasteiger partial charge < -0.3 is 9.26 Å². The Morgan fingerprint density at radius 1 is 1.21 bits per heavy atom. The third-order valence-electron chi connectivity index (χ3n) is 2.18. The first-order chi connectivity index (χ1) is 9.03. The van der Waals surface area contributed by atoms with Gasteiger partial charge in [-0.3, -0.25) is 4.18 Å². The van der Waals surface area contributed by atoms with Crippen LogP contribution in [0.5, 0.6) is 5.88 Å². The summed E-state index contributed by atoms with van der Waals surface area (Å²) >= 11 is 0. The van der Waals surface area contributed by atoms with Crippen molar-refractivity contribution in [2.45, 2.75) is 13.2 Å². The molecule has 0 saturated carbocycles. The van der Waals surface area contributed by atoms with Gasteiger partial charge in [-0.25, -0.2) is 0 Å². The minimum atomic E-state index is -3.50. The normalized spacial score (nSPS) is 11.4. The molecule has 0 N–H and O–H groups in total. The molecular weight excluding hydrogens is 270 g/mol. The van der Waals surface area contributed by atoms with Crippen LogP contribution < -0.4 is 4.74 Å². The summed E-state index contributed by atoms with van der Waals surface area (Å²) < 4.78 is 36.5. The van der Waals surface area contributed by atoms with Crippen LogP contribution in [0.2, 0.25) is 0 Å². The van der Waals surface area contributed by atoms with Crippen molar-refractivity contribution in [3.8, 4) is 5.88 Å². The summed E-state index contributed by atoms with van der Waals surface area (Å²) in [6.45, 7) is 0.167. The van der Waals surface area contributed by atoms with Crippen LogP contribution in [0.1, 0.15) is 11.3 Å². The Hall–Kier alpha value is -1.86. The van der Waals surface area contributed by atoms with Crippen LogP contribution in [0.4, 0.5) is 0 Å². The van der Waals surface area contributed by atoms with Crippen LogP contribution in [-0.2, 0) is 27.5 Å². The van der Waals surface area contributed by atoms with E-state index in [1.165, 1.54) is 6.07 Å². The average Bonchev–Trinajstić information content (AvgIpc) is 2.82. The number of hydrogen-bond acceptors (Lipinski definition) is 6. The van der Waals surface area contributed by atoms with Crippen molar-refractivity contribution in [1.29, 1.82) is 0 Å². The number of nitrogens with zero attached hydrogens (tertiary/aromatic N) is 1. The lowest BCUT2D eigenvalue weighted by Gasteiger charge is -2.00. The van der Waals surface area contributed by atoms with Crippen molar-refractivity contribution < 1.29 is 21.9 Å². The molecule has 1 heterocycles. The zero-order valence-electron chi connectivity index (χ0n) is 10.3. The van der Waals surface area contributed by atoms with Crippen molar-refractivity contribution in [3.63, 3.8) is 0 Å². The highest BCUT2D eigenvalue weighted by Gasteiger charge is 2.09. The predicted octanol–water partition coefficient (Wildman–Crippen LogP) is 1.73. The van der Waals surface area contributed by atoms with Crippen molar-refractivity contribution in [1.82, 2.24) is 5.16 Å². The van der Waals surface area contributed by atoms with E-state index in [-0.39, 0.29) is 18.2 Å². The fraction of sp³-hybridized carbons (Fsp3) is 0.250. The Morgan fingerprint density at radius 3 is 2.63 bits per heavy atom. The summed E-state index contributed by atoms with van der Waals surface area (Å²) in [7, 11) is -3.50. The van der Waals surface area contributed by atoms with E-state index >= 15 is 0 Å². The molecule has 0 spiro atoms. The van der Waals surface area contributed by atoms with Crippen LogP contribution in [0.3, 0.4) is 0 Å². The molecule has 0 unspecified atom stereocenters. The van der Waals surface area contributed by atoms with Gasteiger partial charge in [-0.05, 0) is 10.7 Å². The summed E-state index contributed by atoms with van der Waals surface area (Å²) in [5.41, 5.74) is 0.999. The van der Waals surface area contributed by atoms with E-state index in [0.717, 1.165) is 11.8 Å². The monoisotopic (exact) mass is 283 g/mol. The molecule has 0 aliphatic carbocycles. The maximum Gasteiger partial charge on any atom is 0.264 e. The molecule has 2 aromatic rings. The summed E-state index contributed by atoms with van der Waals surface area (Å²) in [4.78, 5) is 0. The van der Waals surface area contributed by atoms with Crippen LogP contribution in [0.15, 0.2) is 40.9 Å². The van der Waals surface area contributed by atoms with Gasteiger partial charge in [0, 0.05) is 6.07 Å². The van der Waals surface area contributed by atoms with Crippen LogP contribution >= 0.6 is 0 Å². The second-order valence-electron chi connectivity index (χ2n) is 3.87. The largest absolute Gasteiger partial charge is 0.471 e. The fourth-order valence-electron chi connectivity index (χ4n) is 1.33. The first-order valence-corrected chi connectivity index (χ1v) is 7.31. The molecule has 1 aromatic carbocycles. The molecule has 7 heteroatoms. The Labute approximate surface area is 111 Å². The molecule has 6 nitrogen and oxygen atoms in total. The highest BCUT2D eigenvalue weighted by molar-refractivity contribution is 7.85. The molecule has 0 fully saturated rings. The highest BCUT2D eigenvalue weighted by atomic mass is 32.2. The molecule has 0 aliphatic heterocycles. The Kier molecular flexibility index (Phi) is 4.18. The molecule has 0 saturated heterocycles. The zero-order valence-corrected chi connectivity index (χ0v) is 11.1. The number of ether oxygens (including phenoxy) is 1. The first-order valence-electron chi connectivity index (χ1n) is 5.50. The molecule has 0 radical (unpaired) electrons. The number of aromatic nitrogens is 1. The summed E-state index contributed by atoms with van der Waals surface area (Å²) in [6.07, 6.45) is 0.968. The summed E-state index contributed by atoms with van der Waals surface area (Å²) in [6, 6.07) is 11.1. The Morgan fingerprint density at radius 2 is 1.95 bits per heavy atom. The first kappa shape index (κ1) is 13.6. The maximum atomic E-state index is 10.8. The molecule has 102 valence electrons. The minimum absolute atomic E-state index is 0.194. The summed E-state index contributed by atoms with van der Waals surface area (Å²) in [5, 5.41) is 3.66. The molecule has 0 atom stereocenters. The van der Waals surface area contributed by atoms with Gasteiger partial charge in [0.2, 0.25) is 0 Å². The van der Waals surface area contributed by atoms with Gasteiger partial charge in [-0.15, -0.1) is 0 Å². The third kappa shape index (κ3) is 4.72. The Bertz CT molecular complexity index is 621. The third-order valence-corrected chi connectivity index (χ3v) is 2.73. The van der Waals surface area contributed by atoms with Crippen molar-refractivity contribution in [2.75, 3.05) is 6.26 Å². The SMILES string of the molecule is CS(=O)(=O)OCc1cc(OCc2ccccc2)no1. The van der Waals surface area contributed by atoms with Gasteiger partial charge in [0.15, 0.2) is 5.76 Å². The maximum absolute atomic E-state index is 10.8. The zero-order chi connectivity index (χ0) is 13.7. The van der Waals surface area contributed by atoms with Crippen molar-refractivity contribution >= 4 is 10.1 Å². The van der Waals surface area contributed by atoms with Crippen molar-refractivity contribution in [2.24, 2.45) is 0 Å². The fourth-order valence-corrected chi connectivity index (χ4v) is 1.66. The lowest BCUT2D eigenvalue weighted by molar-refractivity contribution is 0.240. The second-order valence-corrected chi connectivity index (χ2v) is 5.52. The van der Waals surface area contributed by atoms with Crippen LogP contribution in [-0.4, -0.2) is 19.8 Å². The topological polar surface area (TPSA) is 78.6 Å². The van der Waals surface area contributed by atoms with E-state index in [9.17, 15) is 8.42 Å². The number of rotatable bonds is 6. The van der Waals surface area contributed by atoms with Gasteiger partial charge in [-0.2, -0.15) is 8.42 Å². The molecule has 1 aromatic heterocycles. The van der Waals surface area contributed by atoms with Gasteiger partial charge >= 0.3 is 0 Å². The van der Waals surface area contributed by atoms with E-state index in [1.54, 1.807) is 0 Å². The van der Waals surface area contributed by atoms with E-state index in [4.69, 9.17) is 9.26 Å². The van der Waals surface area contributed by atoms with Gasteiger partial charge in [0.25, 0.3) is 16.0 Å². The van der Waals surface area contributed by atoms with E-state index in [0.29, 0.717) is 6.61 Å². The standard InChI is InChI=1S/C12H13NO5S/c1-19(14,15)17-9-11-7-12(13-18-11)16-8-10-5-3-2-4-6-10/h2-7H,8-9H2,1H3. The van der Waals surface area contributed by atoms with Gasteiger partial charge in [-0.1, -0.05) is 30.3 Å². The van der Waals surface area contributed by atoms with Crippen LogP contribution in [0.25, 0.3) is 0 Å². The molecule has 19 heavy (non-hydrogen) atoms. The Balaban J connectivity index is 1.87. The number of hydrogen-bond donors (Lipinski definition) is 0. The summed E-state index contributed by atoms with van der Waals surface area (Å²) in [5.74, 6) is 0.574. The number of benzene rings is 1. The van der Waals surface area contributed by atoms with E-state index < -0.39 is 10.1 Å². The molecule has 0 aliphatic rings. The molecule has 0 amide bonds. The predicted molar refractivity (Wildman–Crippen MR) is 66.9 cm³/mol. The second kappa shape index (κ2) is 5.85. The average molecular weight is 283 g/mol. The van der Waals surface area contributed by atoms with Crippen molar-refractivity contribution in [3.05, 3.63) is 47.7 Å². The smallest absolute Gasteiger partial charge is 0.264 e. The van der Waals surface area contributed by atoms with E-state index in [2.05, 4.69) is 9.34 Å². The lowest BCUT2D eigenvalue weighted by Crippen LogP contribution is -2.01. The quantitative estimate of drug-likeness (QED) is 0.751. The minimum Gasteiger partial charge on any atom is -0.471 e. The molecule has 0 bridgehead atoms. The van der Waals surface area contributed by atoms with Crippen LogP contribution in [0, 0.1) is 0 Å². The van der Waals surface area contributed by atoms with E-state index in [1.807, 2.05) is 30.3 Å². The highest BCUT2D eigenvalue weighted by Crippen LogP contribution is 2.14. The van der Waals surface area contributed by atoms with Gasteiger partial charge in [0.05, 0.1) is 6.26 Å².